The molecule has 6 nitrogen and oxygen atoms in total. The maximum absolute atomic E-state index is 11.8. The van der Waals surface area contributed by atoms with E-state index in [1.165, 1.54) is 0 Å². The first-order valence-electron chi connectivity index (χ1n) is 8.02. The van der Waals surface area contributed by atoms with Crippen LogP contribution in [0.5, 0.6) is 5.75 Å². The molecule has 0 radical (unpaired) electrons. The molecule has 1 aliphatic rings. The van der Waals surface area contributed by atoms with Gasteiger partial charge >= 0.3 is 0 Å². The van der Waals surface area contributed by atoms with Gasteiger partial charge in [0.25, 0.3) is 5.91 Å². The fraction of sp³-hybridized carbons (Fsp3) is 0.278. The second-order valence-electron chi connectivity index (χ2n) is 5.97. The molecule has 122 valence electrons. The Bertz CT molecular complexity index is 946. The topological polar surface area (TPSA) is 83.0 Å². The van der Waals surface area contributed by atoms with E-state index in [9.17, 15) is 4.79 Å². The fourth-order valence-corrected chi connectivity index (χ4v) is 3.42. The monoisotopic (exact) mass is 322 g/mol. The molecular weight excluding hydrogens is 304 g/mol. The van der Waals surface area contributed by atoms with E-state index in [0.29, 0.717) is 5.69 Å². The first kappa shape index (κ1) is 14.7. The highest BCUT2D eigenvalue weighted by molar-refractivity contribution is 5.93. The molecule has 24 heavy (non-hydrogen) atoms. The van der Waals surface area contributed by atoms with Gasteiger partial charge in [-0.15, -0.1) is 0 Å². The van der Waals surface area contributed by atoms with Crippen LogP contribution in [0.4, 0.5) is 0 Å². The summed E-state index contributed by atoms with van der Waals surface area (Å²) < 4.78 is 7.20. The van der Waals surface area contributed by atoms with Crippen molar-refractivity contribution >= 4 is 16.8 Å². The molecule has 0 bridgehead atoms. The van der Waals surface area contributed by atoms with Crippen LogP contribution in [-0.4, -0.2) is 27.8 Å². The molecule has 1 aliphatic carbocycles. The number of nitrogens with two attached hydrogens (primary N) is 1. The second-order valence-corrected chi connectivity index (χ2v) is 5.97. The van der Waals surface area contributed by atoms with Crippen LogP contribution in [0.25, 0.3) is 16.6 Å². The lowest BCUT2D eigenvalue weighted by atomic mass is 9.95. The van der Waals surface area contributed by atoms with E-state index in [4.69, 9.17) is 10.5 Å². The average molecular weight is 322 g/mol. The van der Waals surface area contributed by atoms with E-state index < -0.39 is 5.91 Å². The summed E-state index contributed by atoms with van der Waals surface area (Å²) in [7, 11) is 1.64. The van der Waals surface area contributed by atoms with Crippen LogP contribution >= 0.6 is 0 Å². The van der Waals surface area contributed by atoms with Gasteiger partial charge in [-0.05, 0) is 49.9 Å². The van der Waals surface area contributed by atoms with E-state index in [0.717, 1.165) is 59.3 Å². The Morgan fingerprint density at radius 2 is 2.08 bits per heavy atom. The number of benzene rings is 1. The molecule has 0 saturated heterocycles. The lowest BCUT2D eigenvalue weighted by molar-refractivity contribution is 0.0994. The smallest absolute Gasteiger partial charge is 0.269 e. The van der Waals surface area contributed by atoms with Gasteiger partial charge in [-0.2, -0.15) is 5.10 Å². The zero-order valence-corrected chi connectivity index (χ0v) is 13.5. The number of nitrogens with zero attached hydrogens (tertiary/aromatic N) is 3. The molecule has 2 aromatic heterocycles. The standard InChI is InChI=1S/C18H18N4O2/c1-24-11-6-7-14-13(10-11)16(8-9-20-14)22-15-5-3-2-4-12(15)17(21-22)18(19)23/h6-10H,2-5H2,1H3,(H2,19,23). The van der Waals surface area contributed by atoms with Crippen LogP contribution < -0.4 is 10.5 Å². The second kappa shape index (κ2) is 5.63. The summed E-state index contributed by atoms with van der Waals surface area (Å²) in [6.45, 7) is 0. The number of carbonyl (C=O) groups is 1. The van der Waals surface area contributed by atoms with Gasteiger partial charge in [0.1, 0.15) is 5.75 Å². The summed E-state index contributed by atoms with van der Waals surface area (Å²) in [4.78, 5) is 16.2. The third-order valence-electron chi connectivity index (χ3n) is 4.57. The SMILES string of the molecule is COc1ccc2nccc(-n3nc(C(N)=O)c4c3CCCC4)c2c1. The molecule has 1 aromatic carbocycles. The number of fused-ring (bicyclic) bond motifs is 2. The lowest BCUT2D eigenvalue weighted by Crippen LogP contribution is -2.15. The molecule has 0 spiro atoms. The Kier molecular flexibility index (Phi) is 3.45. The predicted molar refractivity (Wildman–Crippen MR) is 90.6 cm³/mol. The molecule has 2 heterocycles. The Labute approximate surface area is 139 Å². The molecule has 0 saturated carbocycles. The molecule has 0 aliphatic heterocycles. The lowest BCUT2D eigenvalue weighted by Gasteiger charge is -2.15. The van der Waals surface area contributed by atoms with Crippen LogP contribution in [0.2, 0.25) is 0 Å². The highest BCUT2D eigenvalue weighted by Gasteiger charge is 2.25. The van der Waals surface area contributed by atoms with Crippen LogP contribution in [-0.2, 0) is 12.8 Å². The normalized spacial score (nSPS) is 13.7. The number of hydrogen-bond donors (Lipinski definition) is 1. The fourth-order valence-electron chi connectivity index (χ4n) is 3.42. The summed E-state index contributed by atoms with van der Waals surface area (Å²) in [5, 5.41) is 5.47. The van der Waals surface area contributed by atoms with Gasteiger partial charge in [-0.1, -0.05) is 0 Å². The van der Waals surface area contributed by atoms with Crippen molar-refractivity contribution in [3.63, 3.8) is 0 Å². The maximum atomic E-state index is 11.8. The Hall–Kier alpha value is -2.89. The molecule has 6 heteroatoms. The van der Waals surface area contributed by atoms with Crippen molar-refractivity contribution in [1.29, 1.82) is 0 Å². The summed E-state index contributed by atoms with van der Waals surface area (Å²) in [6, 6.07) is 7.65. The van der Waals surface area contributed by atoms with E-state index in [1.54, 1.807) is 13.3 Å². The van der Waals surface area contributed by atoms with Crippen molar-refractivity contribution < 1.29 is 9.53 Å². The Morgan fingerprint density at radius 3 is 2.88 bits per heavy atom. The first-order chi connectivity index (χ1) is 11.7. The summed E-state index contributed by atoms with van der Waals surface area (Å²) in [5.74, 6) is 0.288. The minimum absolute atomic E-state index is 0.387. The van der Waals surface area contributed by atoms with Crippen molar-refractivity contribution in [2.75, 3.05) is 7.11 Å². The van der Waals surface area contributed by atoms with Crippen molar-refractivity contribution in [3.05, 3.63) is 47.4 Å². The summed E-state index contributed by atoms with van der Waals surface area (Å²) >= 11 is 0. The van der Waals surface area contributed by atoms with Gasteiger partial charge in [0.05, 0.1) is 18.3 Å². The molecule has 3 aromatic rings. The number of methoxy groups -OCH3 is 1. The van der Waals surface area contributed by atoms with E-state index in [2.05, 4.69) is 10.1 Å². The van der Waals surface area contributed by atoms with E-state index >= 15 is 0 Å². The highest BCUT2D eigenvalue weighted by atomic mass is 16.5. The van der Waals surface area contributed by atoms with Gasteiger partial charge in [-0.25, -0.2) is 4.68 Å². The van der Waals surface area contributed by atoms with Crippen LogP contribution in [0.15, 0.2) is 30.5 Å². The summed E-state index contributed by atoms with van der Waals surface area (Å²) in [5.41, 5.74) is 9.74. The quantitative estimate of drug-likeness (QED) is 0.802. The largest absolute Gasteiger partial charge is 0.497 e. The highest BCUT2D eigenvalue weighted by Crippen LogP contribution is 2.30. The molecule has 1 amide bonds. The van der Waals surface area contributed by atoms with Gasteiger partial charge in [0.2, 0.25) is 0 Å². The molecular formula is C18H18N4O2. The van der Waals surface area contributed by atoms with Crippen molar-refractivity contribution in [1.82, 2.24) is 14.8 Å². The number of amides is 1. The number of aromatic nitrogens is 3. The van der Waals surface area contributed by atoms with Crippen LogP contribution in [0, 0.1) is 0 Å². The zero-order valence-electron chi connectivity index (χ0n) is 13.5. The number of ether oxygens (including phenoxy) is 1. The number of rotatable bonds is 3. The van der Waals surface area contributed by atoms with Gasteiger partial charge in [0.15, 0.2) is 5.69 Å². The van der Waals surface area contributed by atoms with Crippen LogP contribution in [0.3, 0.4) is 0 Å². The molecule has 0 fully saturated rings. The molecule has 0 unspecified atom stereocenters. The predicted octanol–water partition coefficient (Wildman–Crippen LogP) is 2.41. The maximum Gasteiger partial charge on any atom is 0.269 e. The molecule has 2 N–H and O–H groups in total. The van der Waals surface area contributed by atoms with E-state index in [1.807, 2.05) is 28.9 Å². The Balaban J connectivity index is 1.99. The third kappa shape index (κ3) is 2.22. The molecule has 0 atom stereocenters. The van der Waals surface area contributed by atoms with Crippen molar-refractivity contribution in [3.8, 4) is 11.4 Å². The minimum Gasteiger partial charge on any atom is -0.497 e. The van der Waals surface area contributed by atoms with Crippen molar-refractivity contribution in [2.45, 2.75) is 25.7 Å². The Morgan fingerprint density at radius 1 is 1.25 bits per heavy atom. The minimum atomic E-state index is -0.470. The van der Waals surface area contributed by atoms with Gasteiger partial charge in [-0.3, -0.25) is 9.78 Å². The van der Waals surface area contributed by atoms with Gasteiger partial charge < -0.3 is 10.5 Å². The average Bonchev–Trinajstić information content (AvgIpc) is 3.00. The number of primary amides is 1. The van der Waals surface area contributed by atoms with E-state index in [-0.39, 0.29) is 0 Å². The van der Waals surface area contributed by atoms with Gasteiger partial charge in [0, 0.05) is 22.8 Å². The summed E-state index contributed by atoms with van der Waals surface area (Å²) in [6.07, 6.45) is 5.64. The number of hydrogen-bond acceptors (Lipinski definition) is 4. The first-order valence-corrected chi connectivity index (χ1v) is 8.02. The number of pyridine rings is 1. The van der Waals surface area contributed by atoms with Crippen LogP contribution in [0.1, 0.15) is 34.6 Å². The zero-order chi connectivity index (χ0) is 16.7. The molecule has 4 rings (SSSR count). The van der Waals surface area contributed by atoms with Crippen molar-refractivity contribution in [2.24, 2.45) is 5.73 Å². The number of carbonyl (C=O) groups excluding carboxylic acids is 1. The third-order valence-corrected chi connectivity index (χ3v) is 4.57.